The van der Waals surface area contributed by atoms with Gasteiger partial charge in [0.05, 0.1) is 7.11 Å². The van der Waals surface area contributed by atoms with Crippen LogP contribution in [0, 0.1) is 5.41 Å². The maximum absolute atomic E-state index is 12.3. The van der Waals surface area contributed by atoms with Gasteiger partial charge in [0.2, 0.25) is 5.91 Å². The molecule has 2 N–H and O–H groups in total. The second-order valence-corrected chi connectivity index (χ2v) is 7.27. The standard InChI is InChI=1S/C19H29NO3/c1-19(2,9-10-21)13-20-18(22)12-15-6-4-5-14-11-16(23-3)7-8-17(14)15/h7-8,11,15,21H,4-6,9-10,12-13H2,1-3H3,(H,20,22). The lowest BCUT2D eigenvalue weighted by molar-refractivity contribution is -0.122. The van der Waals surface area contributed by atoms with Crippen LogP contribution < -0.4 is 10.1 Å². The molecule has 4 nitrogen and oxygen atoms in total. The molecule has 1 aromatic carbocycles. The van der Waals surface area contributed by atoms with Crippen LogP contribution in [0.15, 0.2) is 18.2 Å². The molecule has 128 valence electrons. The Kier molecular flexibility index (Phi) is 6.05. The summed E-state index contributed by atoms with van der Waals surface area (Å²) < 4.78 is 5.30. The van der Waals surface area contributed by atoms with Gasteiger partial charge in [-0.25, -0.2) is 0 Å². The van der Waals surface area contributed by atoms with Crippen molar-refractivity contribution < 1.29 is 14.6 Å². The number of amides is 1. The highest BCUT2D eigenvalue weighted by Crippen LogP contribution is 2.35. The highest BCUT2D eigenvalue weighted by Gasteiger charge is 2.24. The SMILES string of the molecule is COc1ccc2c(c1)CCCC2CC(=O)NCC(C)(C)CCO. The molecule has 1 aliphatic rings. The van der Waals surface area contributed by atoms with E-state index < -0.39 is 0 Å². The van der Waals surface area contributed by atoms with Gasteiger partial charge in [-0.2, -0.15) is 0 Å². The van der Waals surface area contributed by atoms with Crippen LogP contribution in [-0.2, 0) is 11.2 Å². The Morgan fingerprint density at radius 3 is 2.91 bits per heavy atom. The van der Waals surface area contributed by atoms with E-state index in [9.17, 15) is 4.79 Å². The molecule has 4 heteroatoms. The number of hydrogen-bond donors (Lipinski definition) is 2. The molecule has 0 heterocycles. The fraction of sp³-hybridized carbons (Fsp3) is 0.632. The molecule has 0 radical (unpaired) electrons. The zero-order chi connectivity index (χ0) is 16.9. The van der Waals surface area contributed by atoms with Crippen molar-refractivity contribution in [3.63, 3.8) is 0 Å². The van der Waals surface area contributed by atoms with E-state index in [0.29, 0.717) is 25.3 Å². The summed E-state index contributed by atoms with van der Waals surface area (Å²) in [5.74, 6) is 1.29. The molecule has 1 unspecified atom stereocenters. The van der Waals surface area contributed by atoms with E-state index in [1.807, 2.05) is 6.07 Å². The summed E-state index contributed by atoms with van der Waals surface area (Å²) in [7, 11) is 1.68. The molecular weight excluding hydrogens is 290 g/mol. The number of aliphatic hydroxyl groups is 1. The van der Waals surface area contributed by atoms with Crippen molar-refractivity contribution in [2.24, 2.45) is 5.41 Å². The molecule has 0 spiro atoms. The number of fused-ring (bicyclic) bond motifs is 1. The Morgan fingerprint density at radius 1 is 1.43 bits per heavy atom. The molecule has 0 saturated heterocycles. The summed E-state index contributed by atoms with van der Waals surface area (Å²) in [6, 6.07) is 6.20. The zero-order valence-electron chi connectivity index (χ0n) is 14.5. The van der Waals surface area contributed by atoms with Crippen molar-refractivity contribution in [1.29, 1.82) is 0 Å². The summed E-state index contributed by atoms with van der Waals surface area (Å²) in [5, 5.41) is 12.1. The number of benzene rings is 1. The second kappa shape index (κ2) is 7.82. The van der Waals surface area contributed by atoms with Crippen molar-refractivity contribution in [3.05, 3.63) is 29.3 Å². The molecule has 2 rings (SSSR count). The Hall–Kier alpha value is -1.55. The summed E-state index contributed by atoms with van der Waals surface area (Å²) in [6.45, 7) is 4.88. The minimum absolute atomic E-state index is 0.0672. The smallest absolute Gasteiger partial charge is 0.220 e. The summed E-state index contributed by atoms with van der Waals surface area (Å²) in [5.41, 5.74) is 2.54. The zero-order valence-corrected chi connectivity index (χ0v) is 14.5. The number of aryl methyl sites for hydroxylation is 1. The minimum atomic E-state index is -0.0672. The maximum Gasteiger partial charge on any atom is 0.220 e. The Labute approximate surface area is 139 Å². The molecule has 1 aromatic rings. The quantitative estimate of drug-likeness (QED) is 0.812. The van der Waals surface area contributed by atoms with Gasteiger partial charge >= 0.3 is 0 Å². The third-order valence-corrected chi connectivity index (χ3v) is 4.77. The van der Waals surface area contributed by atoms with Crippen LogP contribution in [0.1, 0.15) is 56.6 Å². The van der Waals surface area contributed by atoms with Crippen molar-refractivity contribution in [1.82, 2.24) is 5.32 Å². The lowest BCUT2D eigenvalue weighted by atomic mass is 9.80. The molecule has 1 amide bonds. The number of rotatable bonds is 7. The Morgan fingerprint density at radius 2 is 2.22 bits per heavy atom. The largest absolute Gasteiger partial charge is 0.497 e. The average Bonchev–Trinajstić information content (AvgIpc) is 2.53. The number of carbonyl (C=O) groups is 1. The van der Waals surface area contributed by atoms with Crippen molar-refractivity contribution in [2.75, 3.05) is 20.3 Å². The van der Waals surface area contributed by atoms with E-state index in [1.165, 1.54) is 11.1 Å². The van der Waals surface area contributed by atoms with Crippen LogP contribution >= 0.6 is 0 Å². The number of ether oxygens (including phenoxy) is 1. The van der Waals surface area contributed by atoms with Gasteiger partial charge in [-0.15, -0.1) is 0 Å². The fourth-order valence-corrected chi connectivity index (χ4v) is 3.26. The summed E-state index contributed by atoms with van der Waals surface area (Å²) >= 11 is 0. The topological polar surface area (TPSA) is 58.6 Å². The van der Waals surface area contributed by atoms with Crippen molar-refractivity contribution in [3.8, 4) is 5.75 Å². The van der Waals surface area contributed by atoms with Crippen LogP contribution in [0.3, 0.4) is 0 Å². The van der Waals surface area contributed by atoms with E-state index in [2.05, 4.69) is 31.3 Å². The number of nitrogens with one attached hydrogen (secondary N) is 1. The first-order valence-electron chi connectivity index (χ1n) is 8.49. The molecule has 0 aromatic heterocycles. The van der Waals surface area contributed by atoms with Gasteiger partial charge < -0.3 is 15.2 Å². The van der Waals surface area contributed by atoms with Crippen molar-refractivity contribution in [2.45, 2.75) is 51.9 Å². The molecule has 0 bridgehead atoms. The van der Waals surface area contributed by atoms with E-state index in [0.717, 1.165) is 25.0 Å². The monoisotopic (exact) mass is 319 g/mol. The lowest BCUT2D eigenvalue weighted by Gasteiger charge is -2.27. The van der Waals surface area contributed by atoms with Gasteiger partial charge in [0.25, 0.3) is 0 Å². The van der Waals surface area contributed by atoms with Crippen LogP contribution in [0.2, 0.25) is 0 Å². The first-order chi connectivity index (χ1) is 10.9. The minimum Gasteiger partial charge on any atom is -0.497 e. The van der Waals surface area contributed by atoms with Crippen molar-refractivity contribution >= 4 is 5.91 Å². The second-order valence-electron chi connectivity index (χ2n) is 7.27. The third-order valence-electron chi connectivity index (χ3n) is 4.77. The van der Waals surface area contributed by atoms with E-state index in [4.69, 9.17) is 9.84 Å². The van der Waals surface area contributed by atoms with E-state index in [-0.39, 0.29) is 17.9 Å². The predicted octanol–water partition coefficient (Wildman–Crippen LogP) is 3.03. The fourth-order valence-electron chi connectivity index (χ4n) is 3.26. The first kappa shape index (κ1) is 17.8. The number of hydrogen-bond acceptors (Lipinski definition) is 3. The highest BCUT2D eigenvalue weighted by molar-refractivity contribution is 5.77. The molecule has 23 heavy (non-hydrogen) atoms. The van der Waals surface area contributed by atoms with Crippen LogP contribution in [0.25, 0.3) is 0 Å². The van der Waals surface area contributed by atoms with Crippen LogP contribution in [0.4, 0.5) is 0 Å². The molecular formula is C19H29NO3. The van der Waals surface area contributed by atoms with Gasteiger partial charge in [0.15, 0.2) is 0 Å². The van der Waals surface area contributed by atoms with E-state index in [1.54, 1.807) is 7.11 Å². The van der Waals surface area contributed by atoms with Gasteiger partial charge in [-0.3, -0.25) is 4.79 Å². The normalized spacial score (nSPS) is 17.5. The summed E-state index contributed by atoms with van der Waals surface area (Å²) in [4.78, 5) is 12.3. The summed E-state index contributed by atoms with van der Waals surface area (Å²) in [6.07, 6.45) is 4.48. The molecule has 0 fully saturated rings. The van der Waals surface area contributed by atoms with Crippen LogP contribution in [0.5, 0.6) is 5.75 Å². The predicted molar refractivity (Wildman–Crippen MR) is 91.8 cm³/mol. The highest BCUT2D eigenvalue weighted by atomic mass is 16.5. The van der Waals surface area contributed by atoms with Gasteiger partial charge in [-0.05, 0) is 60.3 Å². The Balaban J connectivity index is 1.95. The maximum atomic E-state index is 12.3. The third kappa shape index (κ3) is 4.96. The van der Waals surface area contributed by atoms with Gasteiger partial charge in [0, 0.05) is 19.6 Å². The first-order valence-corrected chi connectivity index (χ1v) is 8.49. The molecule has 0 saturated carbocycles. The number of carbonyl (C=O) groups excluding carboxylic acids is 1. The number of aliphatic hydroxyl groups excluding tert-OH is 1. The lowest BCUT2D eigenvalue weighted by Crippen LogP contribution is -2.35. The molecule has 1 atom stereocenters. The van der Waals surface area contributed by atoms with Gasteiger partial charge in [0.1, 0.15) is 5.75 Å². The van der Waals surface area contributed by atoms with Crippen LogP contribution in [-0.4, -0.2) is 31.3 Å². The number of methoxy groups -OCH3 is 1. The average molecular weight is 319 g/mol. The van der Waals surface area contributed by atoms with E-state index >= 15 is 0 Å². The molecule has 1 aliphatic carbocycles. The van der Waals surface area contributed by atoms with Gasteiger partial charge in [-0.1, -0.05) is 19.9 Å². The molecule has 0 aliphatic heterocycles. The Bertz CT molecular complexity index is 539.